The Morgan fingerprint density at radius 3 is 2.48 bits per heavy atom. The van der Waals surface area contributed by atoms with Gasteiger partial charge in [-0.2, -0.15) is 0 Å². The minimum atomic E-state index is -3.91. The second kappa shape index (κ2) is 5.38. The van der Waals surface area contributed by atoms with Crippen molar-refractivity contribution in [2.24, 2.45) is 0 Å². The van der Waals surface area contributed by atoms with Crippen molar-refractivity contribution in [3.05, 3.63) is 52.5 Å². The van der Waals surface area contributed by atoms with E-state index in [0.717, 1.165) is 5.56 Å². The van der Waals surface area contributed by atoms with E-state index in [1.165, 1.54) is 24.3 Å². The molecule has 0 aliphatic heterocycles. The average Bonchev–Trinajstić information content (AvgIpc) is 2.37. The lowest BCUT2D eigenvalue weighted by Crippen LogP contribution is -2.11. The molecule has 0 bridgehead atoms. The first-order chi connectivity index (χ1) is 9.75. The van der Waals surface area contributed by atoms with Crippen LogP contribution in [0.1, 0.15) is 15.9 Å². The van der Waals surface area contributed by atoms with Crippen LogP contribution in [-0.4, -0.2) is 19.5 Å². The number of aryl methyl sites for hydroxylation is 1. The van der Waals surface area contributed by atoms with Gasteiger partial charge < -0.3 is 10.8 Å². The van der Waals surface area contributed by atoms with Crippen molar-refractivity contribution in [1.29, 1.82) is 0 Å². The van der Waals surface area contributed by atoms with E-state index < -0.39 is 21.4 Å². The summed E-state index contributed by atoms with van der Waals surface area (Å²) in [6, 6.07) is 8.70. The Labute approximate surface area is 126 Å². The Morgan fingerprint density at radius 1 is 1.24 bits per heavy atom. The van der Waals surface area contributed by atoms with Gasteiger partial charge in [-0.3, -0.25) is 0 Å². The van der Waals surface area contributed by atoms with Gasteiger partial charge in [0.2, 0.25) is 9.84 Å². The van der Waals surface area contributed by atoms with Crippen LogP contribution in [0.5, 0.6) is 0 Å². The molecule has 110 valence electrons. The van der Waals surface area contributed by atoms with Gasteiger partial charge in [0.15, 0.2) is 0 Å². The number of carbonyl (C=O) groups is 1. The van der Waals surface area contributed by atoms with Crippen molar-refractivity contribution >= 4 is 33.1 Å². The molecule has 0 atom stereocenters. The van der Waals surface area contributed by atoms with Gasteiger partial charge in [0, 0.05) is 0 Å². The summed E-state index contributed by atoms with van der Waals surface area (Å²) < 4.78 is 25.2. The van der Waals surface area contributed by atoms with Crippen molar-refractivity contribution in [3.63, 3.8) is 0 Å². The van der Waals surface area contributed by atoms with Gasteiger partial charge in [0.25, 0.3) is 0 Å². The molecular weight excluding hydrogens is 314 g/mol. The molecule has 2 aromatic rings. The van der Waals surface area contributed by atoms with Gasteiger partial charge in [-0.1, -0.05) is 23.7 Å². The quantitative estimate of drug-likeness (QED) is 0.846. The third-order valence-electron chi connectivity index (χ3n) is 2.96. The second-order valence-electron chi connectivity index (χ2n) is 4.46. The maximum atomic E-state index is 12.6. The number of benzene rings is 2. The third kappa shape index (κ3) is 2.72. The van der Waals surface area contributed by atoms with E-state index in [1.54, 1.807) is 19.1 Å². The minimum absolute atomic E-state index is 0.0489. The van der Waals surface area contributed by atoms with Crippen LogP contribution in [0.2, 0.25) is 5.02 Å². The molecule has 0 radical (unpaired) electrons. The van der Waals surface area contributed by atoms with Crippen molar-refractivity contribution < 1.29 is 18.3 Å². The Balaban J connectivity index is 2.72. The molecule has 0 saturated heterocycles. The maximum Gasteiger partial charge on any atom is 0.339 e. The van der Waals surface area contributed by atoms with Crippen LogP contribution in [0.15, 0.2) is 46.2 Å². The van der Waals surface area contributed by atoms with E-state index in [1.807, 2.05) is 0 Å². The molecule has 5 nitrogen and oxygen atoms in total. The fraction of sp³-hybridized carbons (Fsp3) is 0.0714. The fourth-order valence-electron chi connectivity index (χ4n) is 1.93. The van der Waals surface area contributed by atoms with E-state index in [-0.39, 0.29) is 20.5 Å². The molecule has 2 rings (SSSR count). The Kier molecular flexibility index (Phi) is 3.93. The zero-order valence-electron chi connectivity index (χ0n) is 11.0. The van der Waals surface area contributed by atoms with Crippen LogP contribution < -0.4 is 5.73 Å². The molecule has 2 aromatic carbocycles. The van der Waals surface area contributed by atoms with Crippen LogP contribution >= 0.6 is 11.6 Å². The summed E-state index contributed by atoms with van der Waals surface area (Å²) in [5, 5.41) is 8.98. The monoisotopic (exact) mass is 325 g/mol. The lowest BCUT2D eigenvalue weighted by Gasteiger charge is -2.11. The highest BCUT2D eigenvalue weighted by Gasteiger charge is 2.25. The molecule has 0 amide bonds. The summed E-state index contributed by atoms with van der Waals surface area (Å²) in [6.07, 6.45) is 0. The summed E-state index contributed by atoms with van der Waals surface area (Å²) in [6.45, 7) is 1.76. The van der Waals surface area contributed by atoms with Gasteiger partial charge >= 0.3 is 5.97 Å². The van der Waals surface area contributed by atoms with Gasteiger partial charge in [0.1, 0.15) is 5.56 Å². The first kappa shape index (κ1) is 15.3. The zero-order chi connectivity index (χ0) is 15.8. The molecular formula is C14H12ClNO4S. The number of nitrogen functional groups attached to an aromatic ring is 1. The van der Waals surface area contributed by atoms with Gasteiger partial charge in [-0.15, -0.1) is 0 Å². The number of nitrogens with two attached hydrogens (primary N) is 1. The number of aromatic carboxylic acids is 1. The molecule has 0 aliphatic carbocycles. The lowest BCUT2D eigenvalue weighted by molar-refractivity contribution is 0.0698. The van der Waals surface area contributed by atoms with E-state index in [2.05, 4.69) is 0 Å². The Bertz CT molecular complexity index is 831. The van der Waals surface area contributed by atoms with Crippen LogP contribution in [-0.2, 0) is 9.84 Å². The van der Waals surface area contributed by atoms with E-state index >= 15 is 0 Å². The first-order valence-electron chi connectivity index (χ1n) is 5.88. The SMILES string of the molecule is Cc1cccc(S(=O)(=O)c2ccc(Cl)c(C(=O)O)c2N)c1. The first-order valence-corrected chi connectivity index (χ1v) is 7.74. The molecule has 0 aliphatic rings. The molecule has 0 heterocycles. The largest absolute Gasteiger partial charge is 0.478 e. The fourth-order valence-corrected chi connectivity index (χ4v) is 3.67. The number of anilines is 1. The van der Waals surface area contributed by atoms with Gasteiger partial charge in [-0.05, 0) is 36.8 Å². The molecule has 21 heavy (non-hydrogen) atoms. The van der Waals surface area contributed by atoms with Crippen molar-refractivity contribution in [2.75, 3.05) is 5.73 Å². The average molecular weight is 326 g/mol. The smallest absolute Gasteiger partial charge is 0.339 e. The van der Waals surface area contributed by atoms with E-state index in [0.29, 0.717) is 0 Å². The number of hydrogen-bond donors (Lipinski definition) is 2. The Hall–Kier alpha value is -2.05. The highest BCUT2D eigenvalue weighted by Crippen LogP contribution is 2.32. The second-order valence-corrected chi connectivity index (χ2v) is 6.78. The molecule has 7 heteroatoms. The van der Waals surface area contributed by atoms with Crippen molar-refractivity contribution in [3.8, 4) is 0 Å². The van der Waals surface area contributed by atoms with Crippen molar-refractivity contribution in [1.82, 2.24) is 0 Å². The van der Waals surface area contributed by atoms with E-state index in [9.17, 15) is 13.2 Å². The number of rotatable bonds is 3. The van der Waals surface area contributed by atoms with Crippen molar-refractivity contribution in [2.45, 2.75) is 16.7 Å². The highest BCUT2D eigenvalue weighted by molar-refractivity contribution is 7.91. The third-order valence-corrected chi connectivity index (χ3v) is 5.08. The number of sulfone groups is 1. The minimum Gasteiger partial charge on any atom is -0.478 e. The summed E-state index contributed by atoms with van der Waals surface area (Å²) in [7, 11) is -3.91. The number of hydrogen-bond acceptors (Lipinski definition) is 4. The molecule has 3 N–H and O–H groups in total. The van der Waals surface area contributed by atoms with E-state index in [4.69, 9.17) is 22.4 Å². The standard InChI is InChI=1S/C14H12ClNO4S/c1-8-3-2-4-9(7-8)21(19,20)11-6-5-10(15)12(13(11)16)14(17)18/h2-7H,16H2,1H3,(H,17,18). The molecule has 0 spiro atoms. The Morgan fingerprint density at radius 2 is 1.90 bits per heavy atom. The van der Waals surface area contributed by atoms with Gasteiger partial charge in [0.05, 0.1) is 20.5 Å². The number of carboxylic acids is 1. The summed E-state index contributed by atoms with van der Waals surface area (Å²) in [5.41, 5.74) is 5.69. The van der Waals surface area contributed by atoms with Crippen LogP contribution in [0, 0.1) is 6.92 Å². The summed E-state index contributed by atoms with van der Waals surface area (Å²) >= 11 is 5.76. The molecule has 0 unspecified atom stereocenters. The molecule has 0 saturated carbocycles. The van der Waals surface area contributed by atoms with Crippen LogP contribution in [0.4, 0.5) is 5.69 Å². The number of halogens is 1. The number of carboxylic acid groups (broad SMARTS) is 1. The van der Waals surface area contributed by atoms with Crippen LogP contribution in [0.3, 0.4) is 0 Å². The molecule has 0 aromatic heterocycles. The molecule has 0 fully saturated rings. The predicted octanol–water partition coefficient (Wildman–Crippen LogP) is 2.76. The predicted molar refractivity (Wildman–Crippen MR) is 79.5 cm³/mol. The maximum absolute atomic E-state index is 12.6. The summed E-state index contributed by atoms with van der Waals surface area (Å²) in [5.74, 6) is -1.38. The summed E-state index contributed by atoms with van der Waals surface area (Å²) in [4.78, 5) is 10.9. The lowest BCUT2D eigenvalue weighted by atomic mass is 10.2. The zero-order valence-corrected chi connectivity index (χ0v) is 12.6. The normalized spacial score (nSPS) is 11.3. The topological polar surface area (TPSA) is 97.5 Å². The van der Waals surface area contributed by atoms with Crippen LogP contribution in [0.25, 0.3) is 0 Å². The highest BCUT2D eigenvalue weighted by atomic mass is 35.5. The van der Waals surface area contributed by atoms with Gasteiger partial charge in [-0.25, -0.2) is 13.2 Å².